The van der Waals surface area contributed by atoms with Gasteiger partial charge in [-0.3, -0.25) is 4.79 Å². The molecule has 0 aromatic carbocycles. The minimum atomic E-state index is -0.293. The van der Waals surface area contributed by atoms with Gasteiger partial charge in [-0.15, -0.1) is 0 Å². The van der Waals surface area contributed by atoms with Crippen molar-refractivity contribution in [1.82, 2.24) is 10.3 Å². The molecule has 0 aliphatic heterocycles. The Labute approximate surface area is 114 Å². The van der Waals surface area contributed by atoms with E-state index in [2.05, 4.69) is 10.3 Å². The van der Waals surface area contributed by atoms with Crippen molar-refractivity contribution >= 4 is 40.9 Å². The lowest BCUT2D eigenvalue weighted by atomic mass is 10.2. The number of carbonyl (C=O) groups is 1. The number of nitrogens with one attached hydrogen (secondary N) is 2. The van der Waals surface area contributed by atoms with Crippen molar-refractivity contribution in [2.45, 2.75) is 18.2 Å². The van der Waals surface area contributed by atoms with E-state index in [0.717, 1.165) is 0 Å². The zero-order valence-corrected chi connectivity index (χ0v) is 11.8. The van der Waals surface area contributed by atoms with E-state index in [1.165, 1.54) is 17.8 Å². The molecular formula is C10H14Cl2N2O2S. The van der Waals surface area contributed by atoms with Crippen LogP contribution in [0, 0.1) is 0 Å². The van der Waals surface area contributed by atoms with Gasteiger partial charge in [-0.05, 0) is 19.2 Å². The Morgan fingerprint density at radius 1 is 1.65 bits per heavy atom. The first-order valence-corrected chi connectivity index (χ1v) is 7.02. The minimum absolute atomic E-state index is 0.00878. The number of carbonyl (C=O) groups excluding carboxylic acids is 1. The molecule has 96 valence electrons. The maximum Gasteiger partial charge on any atom is 0.268 e. The second kappa shape index (κ2) is 6.54. The van der Waals surface area contributed by atoms with Crippen LogP contribution in [0.5, 0.6) is 0 Å². The van der Waals surface area contributed by atoms with Crippen molar-refractivity contribution in [1.29, 1.82) is 0 Å². The number of hydrogen-bond donors (Lipinski definition) is 3. The first-order valence-electron chi connectivity index (χ1n) is 4.98. The molecule has 17 heavy (non-hydrogen) atoms. The summed E-state index contributed by atoms with van der Waals surface area (Å²) >= 11 is 13.0. The Balaban J connectivity index is 2.66. The molecule has 1 heterocycles. The van der Waals surface area contributed by atoms with Gasteiger partial charge in [0.25, 0.3) is 5.91 Å². The smallest absolute Gasteiger partial charge is 0.268 e. The van der Waals surface area contributed by atoms with E-state index in [0.29, 0.717) is 10.7 Å². The molecule has 0 aliphatic rings. The molecule has 0 aliphatic carbocycles. The summed E-state index contributed by atoms with van der Waals surface area (Å²) in [6.45, 7) is 1.84. The Morgan fingerprint density at radius 2 is 2.29 bits per heavy atom. The summed E-state index contributed by atoms with van der Waals surface area (Å²) in [7, 11) is 0. The molecule has 4 nitrogen and oxygen atoms in total. The van der Waals surface area contributed by atoms with Crippen LogP contribution in [0.2, 0.25) is 10.2 Å². The van der Waals surface area contributed by atoms with Crippen LogP contribution in [0.15, 0.2) is 6.07 Å². The molecule has 0 saturated carbocycles. The lowest BCUT2D eigenvalue weighted by molar-refractivity contribution is 0.0931. The van der Waals surface area contributed by atoms with Crippen LogP contribution >= 0.6 is 35.0 Å². The molecule has 1 aromatic rings. The molecule has 1 rings (SSSR count). The van der Waals surface area contributed by atoms with Crippen LogP contribution in [0.4, 0.5) is 0 Å². The fourth-order valence-electron chi connectivity index (χ4n) is 1.34. The quantitative estimate of drug-likeness (QED) is 0.780. The molecule has 0 saturated heterocycles. The molecular weight excluding hydrogens is 283 g/mol. The van der Waals surface area contributed by atoms with Crippen molar-refractivity contribution in [3.8, 4) is 0 Å². The average molecular weight is 297 g/mol. The maximum absolute atomic E-state index is 11.8. The van der Waals surface area contributed by atoms with E-state index in [-0.39, 0.29) is 29.0 Å². The number of hydrogen-bond acceptors (Lipinski definition) is 3. The number of aliphatic hydroxyl groups is 1. The number of aromatic nitrogens is 1. The van der Waals surface area contributed by atoms with Crippen LogP contribution in [0.1, 0.15) is 17.4 Å². The number of aromatic amines is 1. The number of amides is 1. The molecule has 2 unspecified atom stereocenters. The van der Waals surface area contributed by atoms with E-state index in [9.17, 15) is 4.79 Å². The zero-order chi connectivity index (χ0) is 13.0. The Hall–Kier alpha value is -0.360. The van der Waals surface area contributed by atoms with Crippen molar-refractivity contribution in [3.05, 3.63) is 21.9 Å². The van der Waals surface area contributed by atoms with Crippen LogP contribution < -0.4 is 5.32 Å². The van der Waals surface area contributed by atoms with Crippen molar-refractivity contribution in [2.75, 3.05) is 12.9 Å². The average Bonchev–Trinajstić information content (AvgIpc) is 2.61. The third-order valence-electron chi connectivity index (χ3n) is 2.37. The van der Waals surface area contributed by atoms with Crippen LogP contribution in [-0.2, 0) is 0 Å². The molecule has 0 spiro atoms. The van der Waals surface area contributed by atoms with Gasteiger partial charge in [0.15, 0.2) is 0 Å². The number of rotatable bonds is 5. The Kier molecular flexibility index (Phi) is 5.66. The largest absolute Gasteiger partial charge is 0.395 e. The second-order valence-corrected chi connectivity index (χ2v) is 5.43. The van der Waals surface area contributed by atoms with Crippen LogP contribution in [0.25, 0.3) is 0 Å². The summed E-state index contributed by atoms with van der Waals surface area (Å²) < 4.78 is 0. The van der Waals surface area contributed by atoms with Gasteiger partial charge in [-0.1, -0.05) is 23.2 Å². The third-order valence-corrected chi connectivity index (χ3v) is 4.22. The lowest BCUT2D eigenvalue weighted by Crippen LogP contribution is -2.41. The molecule has 0 bridgehead atoms. The predicted octanol–water partition coefficient (Wildman–Crippen LogP) is 2.16. The normalized spacial score (nSPS) is 14.4. The summed E-state index contributed by atoms with van der Waals surface area (Å²) in [5, 5.41) is 12.4. The van der Waals surface area contributed by atoms with Gasteiger partial charge in [-0.2, -0.15) is 11.8 Å². The molecule has 1 aromatic heterocycles. The number of halogens is 2. The highest BCUT2D eigenvalue weighted by Crippen LogP contribution is 2.22. The summed E-state index contributed by atoms with van der Waals surface area (Å²) in [5.74, 6) is -0.293. The highest BCUT2D eigenvalue weighted by atomic mass is 35.5. The van der Waals surface area contributed by atoms with E-state index in [1.54, 1.807) is 0 Å². The standard InChI is InChI=1S/C10H14Cl2N2O2S/c1-5(8(4-15)17-2)13-10(16)7-3-6(11)9(12)14-7/h3,5,8,14-15H,4H2,1-2H3,(H,13,16). The monoisotopic (exact) mass is 296 g/mol. The van der Waals surface area contributed by atoms with Gasteiger partial charge in [0.05, 0.1) is 11.6 Å². The highest BCUT2D eigenvalue weighted by molar-refractivity contribution is 7.99. The predicted molar refractivity (Wildman–Crippen MR) is 72.1 cm³/mol. The lowest BCUT2D eigenvalue weighted by Gasteiger charge is -2.20. The van der Waals surface area contributed by atoms with E-state index < -0.39 is 0 Å². The van der Waals surface area contributed by atoms with Crippen molar-refractivity contribution < 1.29 is 9.90 Å². The first-order chi connectivity index (χ1) is 7.99. The molecule has 1 amide bonds. The molecule has 7 heteroatoms. The topological polar surface area (TPSA) is 65.1 Å². The fourth-order valence-corrected chi connectivity index (χ4v) is 2.28. The van der Waals surface area contributed by atoms with Crippen LogP contribution in [-0.4, -0.2) is 40.2 Å². The van der Waals surface area contributed by atoms with Gasteiger partial charge in [0, 0.05) is 11.3 Å². The molecule has 2 atom stereocenters. The van der Waals surface area contributed by atoms with E-state index in [4.69, 9.17) is 28.3 Å². The SMILES string of the molecule is CSC(CO)C(C)NC(=O)c1cc(Cl)c(Cl)[nH]1. The first kappa shape index (κ1) is 14.7. The zero-order valence-electron chi connectivity index (χ0n) is 9.46. The van der Waals surface area contributed by atoms with Gasteiger partial charge in [-0.25, -0.2) is 0 Å². The van der Waals surface area contributed by atoms with E-state index in [1.807, 2.05) is 13.2 Å². The van der Waals surface area contributed by atoms with Crippen molar-refractivity contribution in [3.63, 3.8) is 0 Å². The fraction of sp³-hybridized carbons (Fsp3) is 0.500. The second-order valence-electron chi connectivity index (χ2n) is 3.56. The van der Waals surface area contributed by atoms with Crippen molar-refractivity contribution in [2.24, 2.45) is 0 Å². The van der Waals surface area contributed by atoms with Gasteiger partial charge in [0.2, 0.25) is 0 Å². The summed E-state index contributed by atoms with van der Waals surface area (Å²) in [6.07, 6.45) is 1.88. The van der Waals surface area contributed by atoms with Crippen LogP contribution in [0.3, 0.4) is 0 Å². The third kappa shape index (κ3) is 3.81. The van der Waals surface area contributed by atoms with Gasteiger partial charge in [0.1, 0.15) is 10.8 Å². The van der Waals surface area contributed by atoms with Gasteiger partial charge >= 0.3 is 0 Å². The summed E-state index contributed by atoms with van der Waals surface area (Å²) in [4.78, 5) is 14.5. The number of H-pyrrole nitrogens is 1. The summed E-state index contributed by atoms with van der Waals surface area (Å²) in [5.41, 5.74) is 0.310. The summed E-state index contributed by atoms with van der Waals surface area (Å²) in [6, 6.07) is 1.32. The molecule has 3 N–H and O–H groups in total. The van der Waals surface area contributed by atoms with Gasteiger partial charge < -0.3 is 15.4 Å². The number of thioether (sulfide) groups is 1. The minimum Gasteiger partial charge on any atom is -0.395 e. The Bertz CT molecular complexity index is 374. The van der Waals surface area contributed by atoms with E-state index >= 15 is 0 Å². The molecule has 0 fully saturated rings. The highest BCUT2D eigenvalue weighted by Gasteiger charge is 2.19. The maximum atomic E-state index is 11.8. The number of aliphatic hydroxyl groups excluding tert-OH is 1. The Morgan fingerprint density at radius 3 is 2.71 bits per heavy atom. The molecule has 0 radical (unpaired) electrons.